The van der Waals surface area contributed by atoms with E-state index in [1.165, 1.54) is 24.1 Å². The van der Waals surface area contributed by atoms with Crippen molar-refractivity contribution in [3.63, 3.8) is 0 Å². The third-order valence-electron chi connectivity index (χ3n) is 12.5. The van der Waals surface area contributed by atoms with E-state index in [9.17, 15) is 14.7 Å². The smallest absolute Gasteiger partial charge is 0.263 e. The number of hydrogen-bond acceptors (Lipinski definition) is 5. The Morgan fingerprint density at radius 2 is 1.78 bits per heavy atom. The molecule has 8 heteroatoms. The van der Waals surface area contributed by atoms with E-state index in [4.69, 9.17) is 9.47 Å². The molecular formula is C33H54N2O5Si. The second-order valence-electron chi connectivity index (χ2n) is 14.8. The lowest BCUT2D eigenvalue weighted by Gasteiger charge is -2.45. The second kappa shape index (κ2) is 11.7. The quantitative estimate of drug-likeness (QED) is 0.294. The lowest BCUT2D eigenvalue weighted by molar-refractivity contribution is -0.151. The lowest BCUT2D eigenvalue weighted by atomic mass is 9.78. The van der Waals surface area contributed by atoms with Crippen molar-refractivity contribution in [2.24, 2.45) is 11.8 Å². The van der Waals surface area contributed by atoms with Crippen molar-refractivity contribution in [3.05, 3.63) is 11.3 Å². The van der Waals surface area contributed by atoms with Crippen molar-refractivity contribution in [1.29, 1.82) is 0 Å². The van der Waals surface area contributed by atoms with Crippen molar-refractivity contribution in [3.8, 4) is 0 Å². The summed E-state index contributed by atoms with van der Waals surface area (Å²) >= 11 is 0. The summed E-state index contributed by atoms with van der Waals surface area (Å²) < 4.78 is 12.8. The van der Waals surface area contributed by atoms with Gasteiger partial charge in [-0.05, 0) is 86.8 Å². The average molecular weight is 587 g/mol. The van der Waals surface area contributed by atoms with Crippen LogP contribution in [0.3, 0.4) is 0 Å². The van der Waals surface area contributed by atoms with Gasteiger partial charge in [0.25, 0.3) is 5.91 Å². The number of rotatable bonds is 8. The van der Waals surface area contributed by atoms with Crippen molar-refractivity contribution >= 4 is 19.9 Å². The first-order valence-corrected chi connectivity index (χ1v) is 20.0. The number of likely N-dealkylation sites (tertiary alicyclic amines) is 1. The molecule has 230 valence electrons. The van der Waals surface area contributed by atoms with Crippen LogP contribution in [0.4, 0.5) is 0 Å². The maximum absolute atomic E-state index is 14.8. The number of nitrogens with zero attached hydrogens (tertiary/aromatic N) is 2. The van der Waals surface area contributed by atoms with Gasteiger partial charge in [-0.3, -0.25) is 9.59 Å². The molecule has 2 amide bonds. The van der Waals surface area contributed by atoms with Crippen molar-refractivity contribution in [1.82, 2.24) is 9.80 Å². The zero-order valence-electron chi connectivity index (χ0n) is 26.0. The minimum atomic E-state index is -1.87. The molecule has 6 aliphatic rings. The van der Waals surface area contributed by atoms with Crippen molar-refractivity contribution < 1.29 is 24.2 Å². The first-order chi connectivity index (χ1) is 19.7. The van der Waals surface area contributed by atoms with Crippen LogP contribution in [0.1, 0.15) is 96.8 Å². The van der Waals surface area contributed by atoms with Gasteiger partial charge in [-0.1, -0.05) is 39.3 Å². The predicted molar refractivity (Wildman–Crippen MR) is 162 cm³/mol. The van der Waals surface area contributed by atoms with E-state index in [0.29, 0.717) is 47.9 Å². The number of ether oxygens (including phenoxy) is 2. The van der Waals surface area contributed by atoms with E-state index in [0.717, 1.165) is 77.3 Å². The standard InChI is InChI=1S/C33H54N2O5Si/c1-22-31(41(3,4)26-14-12-25(39-2)13-15-26)29(17-19-36)40-33(22)27-10-5-6-11-28(27)35(32(33)38)21-23-8-7-9-24(20-23)34-18-16-30(34)37/h22-26,29,31,36H,5-21H2,1-4H3/t22-,23?,24?,25?,26?,29+,31-,33+/m0/s1. The zero-order chi connectivity index (χ0) is 28.9. The van der Waals surface area contributed by atoms with Gasteiger partial charge in [-0.25, -0.2) is 0 Å². The van der Waals surface area contributed by atoms with E-state index in [2.05, 4.69) is 29.8 Å². The number of β-lactam (4-membered cyclic amide) rings is 1. The summed E-state index contributed by atoms with van der Waals surface area (Å²) in [6, 6.07) is 0.349. The van der Waals surface area contributed by atoms with Crippen LogP contribution >= 0.6 is 0 Å². The fourth-order valence-corrected chi connectivity index (χ4v) is 15.4. The maximum Gasteiger partial charge on any atom is 0.263 e. The SMILES string of the molecule is COC1CCC([Si](C)(C)[C@@H]2[C@@H](CCO)O[C@]3(C(=O)N(CC4CCCC(N5CCC5=O)C4)C4=C3CCCC4)[C@H]2C)CC1. The average Bonchev–Trinajstić information content (AvgIpc) is 3.39. The fraction of sp³-hybridized carbons (Fsp3) is 0.879. The summed E-state index contributed by atoms with van der Waals surface area (Å²) in [4.78, 5) is 31.3. The van der Waals surface area contributed by atoms with Gasteiger partial charge in [0, 0.05) is 50.9 Å². The number of carbonyl (C=O) groups is 2. The van der Waals surface area contributed by atoms with Gasteiger partial charge in [0.15, 0.2) is 5.60 Å². The zero-order valence-corrected chi connectivity index (χ0v) is 27.0. The minimum absolute atomic E-state index is 0.0621. The molecule has 2 unspecified atom stereocenters. The first-order valence-electron chi connectivity index (χ1n) is 16.9. The Morgan fingerprint density at radius 1 is 1.02 bits per heavy atom. The summed E-state index contributed by atoms with van der Waals surface area (Å²) in [6.07, 6.45) is 14.9. The van der Waals surface area contributed by atoms with Crippen LogP contribution in [0.25, 0.3) is 0 Å². The minimum Gasteiger partial charge on any atom is -0.396 e. The molecule has 1 spiro atoms. The first kappa shape index (κ1) is 29.8. The molecule has 3 aliphatic heterocycles. The van der Waals surface area contributed by atoms with Crippen LogP contribution in [0.15, 0.2) is 11.3 Å². The third-order valence-corrected chi connectivity index (χ3v) is 17.8. The van der Waals surface area contributed by atoms with Crippen LogP contribution in [-0.4, -0.2) is 85.5 Å². The fourth-order valence-electron chi connectivity index (χ4n) is 10.3. The molecule has 0 radical (unpaired) electrons. The molecule has 41 heavy (non-hydrogen) atoms. The Balaban J connectivity index is 1.27. The van der Waals surface area contributed by atoms with Gasteiger partial charge in [0.2, 0.25) is 5.91 Å². The van der Waals surface area contributed by atoms with Crippen molar-refractivity contribution in [2.45, 2.75) is 145 Å². The highest BCUT2D eigenvalue weighted by molar-refractivity contribution is 6.80. The molecule has 1 N–H and O–H groups in total. The molecule has 2 saturated heterocycles. The van der Waals surface area contributed by atoms with Gasteiger partial charge in [0.05, 0.1) is 20.3 Å². The van der Waals surface area contributed by atoms with Crippen LogP contribution in [0, 0.1) is 11.8 Å². The van der Waals surface area contributed by atoms with Crippen molar-refractivity contribution in [2.75, 3.05) is 26.8 Å². The highest BCUT2D eigenvalue weighted by atomic mass is 28.3. The number of methoxy groups -OCH3 is 1. The van der Waals surface area contributed by atoms with E-state index in [1.807, 2.05) is 7.11 Å². The maximum atomic E-state index is 14.8. The molecule has 0 aromatic carbocycles. The number of allylic oxidation sites excluding steroid dienone is 1. The molecule has 2 saturated carbocycles. The number of fused-ring (bicyclic) bond motifs is 1. The molecule has 0 aromatic heterocycles. The number of hydrogen-bond donors (Lipinski definition) is 1. The van der Waals surface area contributed by atoms with E-state index in [1.54, 1.807) is 0 Å². The van der Waals surface area contributed by atoms with E-state index >= 15 is 0 Å². The van der Waals surface area contributed by atoms with Crippen LogP contribution in [0.5, 0.6) is 0 Å². The lowest BCUT2D eigenvalue weighted by Crippen LogP contribution is -2.53. The van der Waals surface area contributed by atoms with Crippen LogP contribution < -0.4 is 0 Å². The molecule has 0 aromatic rings. The monoisotopic (exact) mass is 586 g/mol. The summed E-state index contributed by atoms with van der Waals surface area (Å²) in [7, 11) is -0.0282. The van der Waals surface area contributed by atoms with Gasteiger partial charge in [-0.2, -0.15) is 0 Å². The summed E-state index contributed by atoms with van der Waals surface area (Å²) in [6.45, 7) is 9.20. The van der Waals surface area contributed by atoms with Crippen LogP contribution in [-0.2, 0) is 19.1 Å². The van der Waals surface area contributed by atoms with E-state index < -0.39 is 13.7 Å². The molecule has 6 atom stereocenters. The highest BCUT2D eigenvalue weighted by Gasteiger charge is 2.67. The molecule has 6 rings (SSSR count). The Morgan fingerprint density at radius 3 is 2.44 bits per heavy atom. The van der Waals surface area contributed by atoms with Gasteiger partial charge in [0.1, 0.15) is 0 Å². The molecule has 3 heterocycles. The summed E-state index contributed by atoms with van der Waals surface area (Å²) in [5.41, 5.74) is 2.73. The largest absolute Gasteiger partial charge is 0.396 e. The predicted octanol–water partition coefficient (Wildman–Crippen LogP) is 5.64. The third kappa shape index (κ3) is 4.97. The molecule has 7 nitrogen and oxygen atoms in total. The molecule has 0 bridgehead atoms. The molecule has 4 fully saturated rings. The summed E-state index contributed by atoms with van der Waals surface area (Å²) in [5, 5.41) is 10.2. The molecular weight excluding hydrogens is 532 g/mol. The Bertz CT molecular complexity index is 1040. The Kier molecular flexibility index (Phi) is 8.51. The number of carbonyl (C=O) groups excluding carboxylic acids is 2. The number of aliphatic hydroxyl groups is 1. The van der Waals surface area contributed by atoms with Gasteiger partial charge >= 0.3 is 0 Å². The topological polar surface area (TPSA) is 79.3 Å². The summed E-state index contributed by atoms with van der Waals surface area (Å²) in [5.74, 6) is 1.05. The molecule has 3 aliphatic carbocycles. The number of amides is 2. The Hall–Kier alpha value is -1.22. The van der Waals surface area contributed by atoms with Gasteiger partial charge in [-0.15, -0.1) is 0 Å². The Labute approximate surface area is 248 Å². The van der Waals surface area contributed by atoms with E-state index in [-0.39, 0.29) is 24.5 Å². The highest BCUT2D eigenvalue weighted by Crippen LogP contribution is 2.61. The number of aliphatic hydroxyl groups excluding tert-OH is 1. The van der Waals surface area contributed by atoms with Crippen LogP contribution in [0.2, 0.25) is 24.2 Å². The van der Waals surface area contributed by atoms with Gasteiger partial charge < -0.3 is 24.4 Å². The normalized spacial score (nSPS) is 40.0. The second-order valence-corrected chi connectivity index (χ2v) is 19.9.